The number of para-hydroxylation sites is 3. The number of thiophene rings is 1. The van der Waals surface area contributed by atoms with E-state index in [1.807, 2.05) is 11.3 Å². The normalized spacial score (nSPS) is 31.3. The lowest BCUT2D eigenvalue weighted by Crippen LogP contribution is -2.61. The second kappa shape index (κ2) is 10.8. The zero-order valence-corrected chi connectivity index (χ0v) is 35.4. The third-order valence-electron chi connectivity index (χ3n) is 18.8. The Balaban J connectivity index is 1.04. The van der Waals surface area contributed by atoms with Gasteiger partial charge in [-0.25, -0.2) is 0 Å². The summed E-state index contributed by atoms with van der Waals surface area (Å²) in [4.78, 5) is 2.73. The van der Waals surface area contributed by atoms with Gasteiger partial charge in [0.1, 0.15) is 5.75 Å². The minimum Gasteiger partial charge on any atom is -0.453 e. The van der Waals surface area contributed by atoms with Gasteiger partial charge < -0.3 is 14.1 Å². The van der Waals surface area contributed by atoms with E-state index in [1.54, 1.807) is 11.1 Å². The molecular weight excluding hydrogens is 760 g/mol. The van der Waals surface area contributed by atoms with E-state index in [1.165, 1.54) is 158 Å². The molecule has 0 saturated heterocycles. The fraction of sp³-hybridized carbons (Fsp3) is 0.357. The maximum absolute atomic E-state index is 6.87. The van der Waals surface area contributed by atoms with Crippen LogP contribution >= 0.6 is 11.3 Å². The maximum Gasteiger partial charge on any atom is 0.333 e. The van der Waals surface area contributed by atoms with Crippen molar-refractivity contribution in [2.75, 3.05) is 4.81 Å². The third-order valence-corrected chi connectivity index (χ3v) is 20.0. The average molecular weight is 807 g/mol. The lowest BCUT2D eigenvalue weighted by molar-refractivity contribution is -0.00526. The highest BCUT2D eigenvalue weighted by Gasteiger charge is 2.55. The Hall–Kier alpha value is -5.00. The van der Waals surface area contributed by atoms with Gasteiger partial charge in [-0.05, 0) is 200 Å². The molecule has 2 aromatic heterocycles. The largest absolute Gasteiger partial charge is 0.453 e. The highest BCUT2D eigenvalue weighted by Crippen LogP contribution is 2.64. The summed E-state index contributed by atoms with van der Waals surface area (Å²) in [5, 5.41) is 5.76. The van der Waals surface area contributed by atoms with Crippen LogP contribution in [0, 0.1) is 35.5 Å². The van der Waals surface area contributed by atoms with E-state index in [-0.39, 0.29) is 12.3 Å². The quantitative estimate of drug-likeness (QED) is 0.162. The van der Waals surface area contributed by atoms with Crippen LogP contribution in [0.15, 0.2) is 103 Å². The van der Waals surface area contributed by atoms with Crippen molar-refractivity contribution < 1.29 is 4.74 Å². The second-order valence-electron chi connectivity index (χ2n) is 22.1. The second-order valence-corrected chi connectivity index (χ2v) is 23.1. The zero-order chi connectivity index (χ0) is 39.1. The van der Waals surface area contributed by atoms with Gasteiger partial charge in [0, 0.05) is 31.8 Å². The fourth-order valence-corrected chi connectivity index (χ4v) is 18.7. The first kappa shape index (κ1) is 32.7. The molecule has 61 heavy (non-hydrogen) atoms. The molecule has 8 fully saturated rings. The summed E-state index contributed by atoms with van der Waals surface area (Å²) in [6.45, 7) is 0.0223. The molecule has 0 spiro atoms. The molecule has 0 amide bonds. The van der Waals surface area contributed by atoms with Crippen LogP contribution in [0.3, 0.4) is 0 Å². The number of fused-ring (bicyclic) bond motifs is 13. The number of hydrogen-bond acceptors (Lipinski definition) is 3. The number of nitrogens with zero attached hydrogens (tertiary/aromatic N) is 2. The van der Waals surface area contributed by atoms with Gasteiger partial charge in [0.15, 0.2) is 5.75 Å². The van der Waals surface area contributed by atoms with E-state index in [0.717, 1.165) is 47.0 Å². The summed E-state index contributed by atoms with van der Waals surface area (Å²) in [5.74, 6) is 7.39. The molecule has 296 valence electrons. The fourth-order valence-electron chi connectivity index (χ4n) is 17.5. The van der Waals surface area contributed by atoms with Crippen molar-refractivity contribution in [2.45, 2.75) is 87.9 Å². The molecule has 19 rings (SSSR count). The van der Waals surface area contributed by atoms with Crippen molar-refractivity contribution in [2.24, 2.45) is 35.5 Å². The molecule has 0 radical (unpaired) electrons. The van der Waals surface area contributed by atoms with E-state index >= 15 is 0 Å². The first-order valence-electron chi connectivity index (χ1n) is 23.9. The summed E-state index contributed by atoms with van der Waals surface area (Å²) in [6, 6.07) is 41.0. The topological polar surface area (TPSA) is 17.4 Å². The maximum atomic E-state index is 6.87. The molecule has 0 unspecified atom stereocenters. The molecule has 0 N–H and O–H groups in total. The van der Waals surface area contributed by atoms with Crippen molar-refractivity contribution in [3.05, 3.63) is 114 Å². The van der Waals surface area contributed by atoms with Crippen molar-refractivity contribution in [3.8, 4) is 28.3 Å². The molecular formula is C56H47BN2OS. The van der Waals surface area contributed by atoms with E-state index in [0.29, 0.717) is 5.41 Å². The summed E-state index contributed by atoms with van der Waals surface area (Å²) >= 11 is 2.00. The molecule has 11 aliphatic rings. The Labute approximate surface area is 360 Å². The molecule has 8 aromatic rings. The smallest absolute Gasteiger partial charge is 0.333 e. The number of rotatable bonds is 2. The highest BCUT2D eigenvalue weighted by atomic mass is 32.1. The van der Waals surface area contributed by atoms with Crippen molar-refractivity contribution in [1.82, 2.24) is 4.57 Å². The van der Waals surface area contributed by atoms with Crippen LogP contribution in [0.1, 0.15) is 88.2 Å². The predicted octanol–water partition coefficient (Wildman–Crippen LogP) is 13.4. The number of benzene rings is 6. The summed E-state index contributed by atoms with van der Waals surface area (Å²) in [7, 11) is 0. The van der Waals surface area contributed by atoms with Gasteiger partial charge in [0.05, 0.1) is 32.8 Å². The van der Waals surface area contributed by atoms with E-state index in [4.69, 9.17) is 4.74 Å². The Morgan fingerprint density at radius 3 is 1.95 bits per heavy atom. The van der Waals surface area contributed by atoms with Gasteiger partial charge in [-0.2, -0.15) is 0 Å². The minimum absolute atomic E-state index is 0.0223. The summed E-state index contributed by atoms with van der Waals surface area (Å²) in [6.07, 6.45) is 17.2. The van der Waals surface area contributed by atoms with Gasteiger partial charge in [-0.15, -0.1) is 11.3 Å². The summed E-state index contributed by atoms with van der Waals surface area (Å²) in [5.41, 5.74) is 16.2. The van der Waals surface area contributed by atoms with Crippen LogP contribution in [0.2, 0.25) is 0 Å². The Kier molecular flexibility index (Phi) is 5.77. The molecule has 8 saturated carbocycles. The van der Waals surface area contributed by atoms with Gasteiger partial charge >= 0.3 is 6.85 Å². The van der Waals surface area contributed by atoms with E-state index in [9.17, 15) is 0 Å². The Morgan fingerprint density at radius 2 is 1.20 bits per heavy atom. The highest BCUT2D eigenvalue weighted by molar-refractivity contribution is 7.26. The zero-order valence-electron chi connectivity index (χ0n) is 34.6. The van der Waals surface area contributed by atoms with Gasteiger partial charge in [0.2, 0.25) is 0 Å². The third kappa shape index (κ3) is 3.94. The van der Waals surface area contributed by atoms with Crippen LogP contribution in [-0.2, 0) is 10.8 Å². The first-order valence-corrected chi connectivity index (χ1v) is 24.7. The van der Waals surface area contributed by atoms with E-state index < -0.39 is 0 Å². The van der Waals surface area contributed by atoms with Gasteiger partial charge in [-0.1, -0.05) is 54.6 Å². The van der Waals surface area contributed by atoms with E-state index in [2.05, 4.69) is 113 Å². The monoisotopic (exact) mass is 806 g/mol. The number of ether oxygens (including phenoxy) is 1. The van der Waals surface area contributed by atoms with Gasteiger partial charge in [0.25, 0.3) is 0 Å². The Morgan fingerprint density at radius 1 is 0.541 bits per heavy atom. The van der Waals surface area contributed by atoms with Crippen molar-refractivity contribution in [3.63, 3.8) is 0 Å². The SMILES string of the molecule is c1ccc2c(c1)Oc1cccc3c1N2B1c2c-3cc3c(sc4ccccc43)c2-n2c3ccc(C45CC6CC(CC(C6)C4)C5)cc3c3cc(C45CC6CC(CC(C6)C4)C5)cc1c32. The number of anilines is 2. The predicted molar refractivity (Wildman–Crippen MR) is 252 cm³/mol. The molecule has 8 aliphatic carbocycles. The number of hydrogen-bond donors (Lipinski definition) is 0. The van der Waals surface area contributed by atoms with Crippen LogP contribution < -0.4 is 20.5 Å². The molecule has 3 aliphatic heterocycles. The molecule has 5 heteroatoms. The first-order chi connectivity index (χ1) is 30.0. The van der Waals surface area contributed by atoms with Crippen LogP contribution in [0.5, 0.6) is 11.5 Å². The lowest BCUT2D eigenvalue weighted by atomic mass is 9.42. The van der Waals surface area contributed by atoms with Crippen LogP contribution in [-0.4, -0.2) is 11.4 Å². The van der Waals surface area contributed by atoms with Crippen molar-refractivity contribution >= 4 is 82.5 Å². The molecule has 8 bridgehead atoms. The van der Waals surface area contributed by atoms with Crippen LogP contribution in [0.4, 0.5) is 11.4 Å². The molecule has 5 heterocycles. The Bertz CT molecular complexity index is 3280. The van der Waals surface area contributed by atoms with Crippen molar-refractivity contribution in [1.29, 1.82) is 0 Å². The van der Waals surface area contributed by atoms with Crippen LogP contribution in [0.25, 0.3) is 58.8 Å². The molecule has 0 atom stereocenters. The number of aromatic nitrogens is 1. The average Bonchev–Trinajstić information content (AvgIpc) is 3.80. The lowest BCUT2D eigenvalue weighted by Gasteiger charge is -2.57. The van der Waals surface area contributed by atoms with Gasteiger partial charge in [-0.3, -0.25) is 0 Å². The standard InChI is InChI=1S/C56H47BN2OS/c1-4-11-49-38(6-1)43-23-41-39-7-5-10-48-52(39)59(46-8-2-3-9-47(46)60-48)57-44-22-37(56-27-33-17-34(28-56)19-35(18-33)29-56)21-42-40-20-36(55-24-30-14-31(25-55)16-32(15-30)26-55)12-13-45(40)58(51(42)44)53(50(41)57)54(43)61-49/h1-13,20-23,30-35H,14-19,24-29H2. The minimum atomic E-state index is 0.0223. The molecule has 3 nitrogen and oxygen atoms in total. The summed E-state index contributed by atoms with van der Waals surface area (Å²) < 4.78 is 12.5. The molecule has 6 aromatic carbocycles.